The van der Waals surface area contributed by atoms with Crippen LogP contribution in [-0.4, -0.2) is 15.5 Å². The van der Waals surface area contributed by atoms with E-state index in [1.807, 2.05) is 30.9 Å². The molecule has 0 aliphatic carbocycles. The normalized spacial score (nSPS) is 14.9. The topological polar surface area (TPSA) is 37.3 Å². The number of urea groups is 1. The first-order valence-corrected chi connectivity index (χ1v) is 11.5. The summed E-state index contributed by atoms with van der Waals surface area (Å²) in [6.07, 6.45) is 3.08. The van der Waals surface area contributed by atoms with Gasteiger partial charge in [-0.15, -0.1) is 0 Å². The summed E-state index contributed by atoms with van der Waals surface area (Å²) in [5.74, 6) is 0. The van der Waals surface area contributed by atoms with Crippen molar-refractivity contribution in [1.82, 2.24) is 9.47 Å². The number of aromatic nitrogens is 1. The predicted molar refractivity (Wildman–Crippen MR) is 134 cm³/mol. The van der Waals surface area contributed by atoms with Gasteiger partial charge in [0.2, 0.25) is 0 Å². The summed E-state index contributed by atoms with van der Waals surface area (Å²) in [6.45, 7) is 6.75. The van der Waals surface area contributed by atoms with Crippen LogP contribution in [-0.2, 0) is 13.0 Å². The van der Waals surface area contributed by atoms with Gasteiger partial charge < -0.3 is 14.8 Å². The Morgan fingerprint density at radius 3 is 2.55 bits per heavy atom. The molecule has 2 amide bonds. The molecule has 3 aromatic carbocycles. The van der Waals surface area contributed by atoms with E-state index >= 15 is 0 Å². The van der Waals surface area contributed by atoms with Crippen molar-refractivity contribution in [3.63, 3.8) is 0 Å². The molecule has 0 fully saturated rings. The van der Waals surface area contributed by atoms with Crippen LogP contribution in [0.1, 0.15) is 46.5 Å². The molecule has 33 heavy (non-hydrogen) atoms. The van der Waals surface area contributed by atoms with Crippen molar-refractivity contribution in [1.29, 1.82) is 0 Å². The minimum Gasteiger partial charge on any atom is -0.318 e. The molecule has 0 radical (unpaired) electrons. The molecule has 1 aromatic heterocycles. The van der Waals surface area contributed by atoms with Crippen molar-refractivity contribution >= 4 is 11.7 Å². The summed E-state index contributed by atoms with van der Waals surface area (Å²) in [6, 6.07) is 27.0. The summed E-state index contributed by atoms with van der Waals surface area (Å²) in [7, 11) is 0. The van der Waals surface area contributed by atoms with E-state index in [2.05, 4.69) is 89.7 Å². The highest BCUT2D eigenvalue weighted by atomic mass is 16.2. The van der Waals surface area contributed by atoms with Crippen molar-refractivity contribution in [2.24, 2.45) is 0 Å². The standard InChI is InChI=1S/C29H29N3O/c1-4-22-13-15-23(16-14-22)28-27-10-7-17-31(27)26-9-6-5-8-24(26)19-32(28)29(33)30-25-18-20(2)11-12-21(25)3/h5-18,28H,4,19H2,1-3H3,(H,30,33). The Bertz CT molecular complexity index is 1300. The second kappa shape index (κ2) is 8.62. The average Bonchev–Trinajstić information content (AvgIpc) is 3.26. The molecule has 1 aliphatic rings. The van der Waals surface area contributed by atoms with Gasteiger partial charge in [-0.25, -0.2) is 4.79 Å². The number of carbonyl (C=O) groups is 1. The van der Waals surface area contributed by atoms with Gasteiger partial charge in [-0.1, -0.05) is 61.5 Å². The minimum atomic E-state index is -0.205. The summed E-state index contributed by atoms with van der Waals surface area (Å²) < 4.78 is 2.22. The van der Waals surface area contributed by atoms with Crippen LogP contribution in [0.2, 0.25) is 0 Å². The molecule has 5 rings (SSSR count). The number of aryl methyl sites for hydroxylation is 3. The number of nitrogens with zero attached hydrogens (tertiary/aromatic N) is 2. The van der Waals surface area contributed by atoms with E-state index in [9.17, 15) is 4.79 Å². The van der Waals surface area contributed by atoms with Gasteiger partial charge in [-0.2, -0.15) is 0 Å². The third-order valence-electron chi connectivity index (χ3n) is 6.56. The van der Waals surface area contributed by atoms with Gasteiger partial charge in [-0.3, -0.25) is 0 Å². The first kappa shape index (κ1) is 21.1. The Kier molecular flexibility index (Phi) is 5.51. The molecule has 4 aromatic rings. The lowest BCUT2D eigenvalue weighted by atomic mass is 9.99. The summed E-state index contributed by atoms with van der Waals surface area (Å²) in [4.78, 5) is 15.8. The van der Waals surface area contributed by atoms with Crippen molar-refractivity contribution in [3.8, 4) is 5.69 Å². The zero-order valence-corrected chi connectivity index (χ0v) is 19.4. The van der Waals surface area contributed by atoms with Gasteiger partial charge >= 0.3 is 6.03 Å². The zero-order valence-electron chi connectivity index (χ0n) is 19.4. The Morgan fingerprint density at radius 2 is 1.76 bits per heavy atom. The predicted octanol–water partition coefficient (Wildman–Crippen LogP) is 6.79. The van der Waals surface area contributed by atoms with E-state index < -0.39 is 0 Å². The number of carbonyl (C=O) groups excluding carboxylic acids is 1. The highest BCUT2D eigenvalue weighted by molar-refractivity contribution is 5.91. The molecule has 2 heterocycles. The van der Waals surface area contributed by atoms with Gasteiger partial charge in [0.1, 0.15) is 0 Å². The molecule has 1 N–H and O–H groups in total. The van der Waals surface area contributed by atoms with Crippen LogP contribution < -0.4 is 5.32 Å². The molecule has 0 spiro atoms. The third kappa shape index (κ3) is 3.93. The fraction of sp³-hybridized carbons (Fsp3) is 0.207. The number of para-hydroxylation sites is 1. The first-order chi connectivity index (χ1) is 16.0. The average molecular weight is 436 g/mol. The molecule has 1 unspecified atom stereocenters. The maximum absolute atomic E-state index is 13.8. The molecule has 0 bridgehead atoms. The number of fused-ring (bicyclic) bond motifs is 3. The van der Waals surface area contributed by atoms with Crippen LogP contribution in [0.25, 0.3) is 5.69 Å². The largest absolute Gasteiger partial charge is 0.322 e. The van der Waals surface area contributed by atoms with Crippen LogP contribution in [0.15, 0.2) is 85.1 Å². The van der Waals surface area contributed by atoms with E-state index in [-0.39, 0.29) is 12.1 Å². The van der Waals surface area contributed by atoms with Crippen LogP contribution >= 0.6 is 0 Å². The zero-order chi connectivity index (χ0) is 22.9. The fourth-order valence-corrected chi connectivity index (χ4v) is 4.68. The van der Waals surface area contributed by atoms with Crippen molar-refractivity contribution in [2.45, 2.75) is 39.8 Å². The summed E-state index contributed by atoms with van der Waals surface area (Å²) in [5, 5.41) is 3.20. The molecule has 0 saturated carbocycles. The first-order valence-electron chi connectivity index (χ1n) is 11.5. The van der Waals surface area contributed by atoms with Gasteiger partial charge in [-0.05, 0) is 72.4 Å². The SMILES string of the molecule is CCc1ccc(C2c3cccn3-c3ccccc3CN2C(=O)Nc2cc(C)ccc2C)cc1. The summed E-state index contributed by atoms with van der Waals surface area (Å²) >= 11 is 0. The Hall–Kier alpha value is -3.79. The molecular formula is C29H29N3O. The van der Waals surface area contributed by atoms with Gasteiger partial charge in [0.15, 0.2) is 0 Å². The number of anilines is 1. The number of hydrogen-bond donors (Lipinski definition) is 1. The number of nitrogens with one attached hydrogen (secondary N) is 1. The Balaban J connectivity index is 1.63. The maximum atomic E-state index is 13.8. The molecule has 4 nitrogen and oxygen atoms in total. The Labute approximate surface area is 195 Å². The molecule has 1 aliphatic heterocycles. The third-order valence-corrected chi connectivity index (χ3v) is 6.56. The summed E-state index contributed by atoms with van der Waals surface area (Å²) in [5.41, 5.74) is 8.75. The molecule has 0 saturated heterocycles. The number of amides is 2. The Morgan fingerprint density at radius 1 is 0.970 bits per heavy atom. The second-order valence-corrected chi connectivity index (χ2v) is 8.81. The fourth-order valence-electron chi connectivity index (χ4n) is 4.68. The van der Waals surface area contributed by atoms with Gasteiger partial charge in [0, 0.05) is 17.6 Å². The second-order valence-electron chi connectivity index (χ2n) is 8.81. The number of benzene rings is 3. The molecule has 1 atom stereocenters. The smallest absolute Gasteiger partial charge is 0.318 e. The van der Waals surface area contributed by atoms with Gasteiger partial charge in [0.05, 0.1) is 18.3 Å². The highest BCUT2D eigenvalue weighted by Gasteiger charge is 2.33. The van der Waals surface area contributed by atoms with Gasteiger partial charge in [0.25, 0.3) is 0 Å². The minimum absolute atomic E-state index is 0.0993. The van der Waals surface area contributed by atoms with E-state index in [0.717, 1.165) is 45.7 Å². The molecule has 4 heteroatoms. The van der Waals surface area contributed by atoms with Crippen molar-refractivity contribution < 1.29 is 4.79 Å². The van der Waals surface area contributed by atoms with E-state index in [0.29, 0.717) is 6.54 Å². The number of hydrogen-bond acceptors (Lipinski definition) is 1. The monoisotopic (exact) mass is 435 g/mol. The lowest BCUT2D eigenvalue weighted by molar-refractivity contribution is 0.194. The van der Waals surface area contributed by atoms with Crippen LogP contribution in [0, 0.1) is 13.8 Å². The lowest BCUT2D eigenvalue weighted by Gasteiger charge is -2.31. The van der Waals surface area contributed by atoms with Crippen molar-refractivity contribution in [3.05, 3.63) is 119 Å². The molecular weight excluding hydrogens is 406 g/mol. The maximum Gasteiger partial charge on any atom is 0.322 e. The number of rotatable bonds is 3. The quantitative estimate of drug-likeness (QED) is 0.378. The van der Waals surface area contributed by atoms with Crippen LogP contribution in [0.5, 0.6) is 0 Å². The lowest BCUT2D eigenvalue weighted by Crippen LogP contribution is -2.38. The van der Waals surface area contributed by atoms with Crippen LogP contribution in [0.4, 0.5) is 10.5 Å². The highest BCUT2D eigenvalue weighted by Crippen LogP contribution is 2.37. The van der Waals surface area contributed by atoms with Crippen LogP contribution in [0.3, 0.4) is 0 Å². The van der Waals surface area contributed by atoms with E-state index in [1.54, 1.807) is 0 Å². The van der Waals surface area contributed by atoms with E-state index in [1.165, 1.54) is 5.56 Å². The van der Waals surface area contributed by atoms with E-state index in [4.69, 9.17) is 0 Å². The molecule has 166 valence electrons. The van der Waals surface area contributed by atoms with Crippen molar-refractivity contribution in [2.75, 3.05) is 5.32 Å².